The number of carbonyl (C=O) groups excluding carboxylic acids is 1. The number of hydrogen-bond donors (Lipinski definition) is 2. The lowest BCUT2D eigenvalue weighted by atomic mass is 9.99. The minimum absolute atomic E-state index is 0.0745. The van der Waals surface area contributed by atoms with Gasteiger partial charge in [-0.1, -0.05) is 6.07 Å². The minimum Gasteiger partial charge on any atom is -0.479 e. The van der Waals surface area contributed by atoms with Gasteiger partial charge in [0.1, 0.15) is 33.6 Å². The summed E-state index contributed by atoms with van der Waals surface area (Å²) in [6.45, 7) is 7.25. The number of pyridine rings is 1. The smallest absolute Gasteiger partial charge is 0.410 e. The topological polar surface area (TPSA) is 139 Å². The molecule has 2 aliphatic heterocycles. The van der Waals surface area contributed by atoms with Gasteiger partial charge in [-0.05, 0) is 75.1 Å². The number of nitrogens with zero attached hydrogens (tertiary/aromatic N) is 4. The van der Waals surface area contributed by atoms with Crippen LogP contribution in [0.3, 0.4) is 0 Å². The number of likely N-dealkylation sites (tertiary alicyclic amines) is 1. The SMILES string of the molecule is COc1nc(N)c(-c2ccc3c(c2)CN(C2CCN(C(=O)OC(C)(C)C)CC2)C=N3)cc1NS(=O)(=O)c1ccc(F)cc1F. The fraction of sp³-hybridized carbons (Fsp3) is 0.367. The van der Waals surface area contributed by atoms with Gasteiger partial charge in [-0.15, -0.1) is 0 Å². The van der Waals surface area contributed by atoms with Gasteiger partial charge in [0.2, 0.25) is 5.88 Å². The maximum Gasteiger partial charge on any atom is 0.410 e. The number of carbonyl (C=O) groups is 1. The molecule has 1 saturated heterocycles. The molecule has 0 bridgehead atoms. The van der Waals surface area contributed by atoms with Gasteiger partial charge in [0.05, 0.1) is 19.1 Å². The summed E-state index contributed by atoms with van der Waals surface area (Å²) in [7, 11) is -3.18. The minimum atomic E-state index is -4.47. The van der Waals surface area contributed by atoms with E-state index in [0.29, 0.717) is 36.8 Å². The van der Waals surface area contributed by atoms with E-state index in [-0.39, 0.29) is 29.5 Å². The number of aliphatic imine (C=N–C) groups is 1. The van der Waals surface area contributed by atoms with Gasteiger partial charge in [0, 0.05) is 37.3 Å². The van der Waals surface area contributed by atoms with Crippen LogP contribution in [0.4, 0.5) is 30.8 Å². The maximum absolute atomic E-state index is 14.3. The van der Waals surface area contributed by atoms with Crippen molar-refractivity contribution >= 4 is 39.6 Å². The van der Waals surface area contributed by atoms with Crippen molar-refractivity contribution in [2.45, 2.75) is 56.7 Å². The Morgan fingerprint density at radius 2 is 1.82 bits per heavy atom. The number of ether oxygens (including phenoxy) is 2. The summed E-state index contributed by atoms with van der Waals surface area (Å²) in [5.74, 6) is -2.18. The molecule has 0 saturated carbocycles. The van der Waals surface area contributed by atoms with Crippen LogP contribution in [0, 0.1) is 11.6 Å². The summed E-state index contributed by atoms with van der Waals surface area (Å²) in [4.78, 5) is 24.5. The van der Waals surface area contributed by atoms with E-state index in [1.165, 1.54) is 13.2 Å². The summed E-state index contributed by atoms with van der Waals surface area (Å²) in [5, 5.41) is 0. The highest BCUT2D eigenvalue weighted by Gasteiger charge is 2.30. The Morgan fingerprint density at radius 3 is 2.48 bits per heavy atom. The molecule has 1 fully saturated rings. The van der Waals surface area contributed by atoms with Crippen LogP contribution in [-0.4, -0.2) is 67.5 Å². The number of sulfonamides is 1. The number of methoxy groups -OCH3 is 1. The molecule has 5 rings (SSSR count). The molecule has 0 aliphatic carbocycles. The average Bonchev–Trinajstić information content (AvgIpc) is 2.96. The van der Waals surface area contributed by atoms with Crippen LogP contribution in [0.2, 0.25) is 0 Å². The quantitative estimate of drug-likeness (QED) is 0.375. The van der Waals surface area contributed by atoms with Gasteiger partial charge in [0.15, 0.2) is 0 Å². The molecule has 3 heterocycles. The molecule has 14 heteroatoms. The normalized spacial score (nSPS) is 15.6. The van der Waals surface area contributed by atoms with E-state index in [1.807, 2.05) is 39.2 Å². The molecule has 3 N–H and O–H groups in total. The first-order valence-electron chi connectivity index (χ1n) is 14.0. The van der Waals surface area contributed by atoms with E-state index >= 15 is 0 Å². The third-order valence-corrected chi connectivity index (χ3v) is 8.71. The van der Waals surface area contributed by atoms with Gasteiger partial charge in [-0.25, -0.2) is 27.0 Å². The number of aromatic nitrogens is 1. The van der Waals surface area contributed by atoms with Gasteiger partial charge in [-0.3, -0.25) is 4.72 Å². The molecule has 1 aromatic heterocycles. The number of anilines is 2. The molecule has 11 nitrogen and oxygen atoms in total. The number of rotatable bonds is 6. The molecular weight excluding hydrogens is 594 g/mol. The zero-order chi connectivity index (χ0) is 31.8. The van der Waals surface area contributed by atoms with Crippen LogP contribution < -0.4 is 15.2 Å². The lowest BCUT2D eigenvalue weighted by Gasteiger charge is -2.39. The fourth-order valence-electron chi connectivity index (χ4n) is 5.17. The highest BCUT2D eigenvalue weighted by Crippen LogP contribution is 2.37. The monoisotopic (exact) mass is 628 g/mol. The first-order chi connectivity index (χ1) is 20.7. The summed E-state index contributed by atoms with van der Waals surface area (Å²) in [5.41, 5.74) is 8.40. The Balaban J connectivity index is 1.35. The van der Waals surface area contributed by atoms with E-state index < -0.39 is 32.2 Å². The van der Waals surface area contributed by atoms with E-state index in [1.54, 1.807) is 11.0 Å². The van der Waals surface area contributed by atoms with E-state index in [0.717, 1.165) is 36.2 Å². The molecule has 0 atom stereocenters. The van der Waals surface area contributed by atoms with Crippen LogP contribution in [0.15, 0.2) is 52.4 Å². The molecule has 0 unspecified atom stereocenters. The highest BCUT2D eigenvalue weighted by molar-refractivity contribution is 7.92. The Kier molecular flexibility index (Phi) is 8.38. The molecule has 3 aromatic rings. The van der Waals surface area contributed by atoms with Crippen LogP contribution in [0.25, 0.3) is 11.1 Å². The summed E-state index contributed by atoms with van der Waals surface area (Å²) in [6.07, 6.45) is 3.02. The van der Waals surface area contributed by atoms with Crippen LogP contribution >= 0.6 is 0 Å². The standard InChI is InChI=1S/C30H34F2N6O5S/c1-30(2,3)43-29(39)37-11-9-21(10-12-37)38-16-19-13-18(5-7-24(19)34-17-38)22-15-25(28(42-4)35-27(22)33)36-44(40,41)26-8-6-20(31)14-23(26)32/h5-8,13-15,17,21,36H,9-12,16H2,1-4H3,(H2,33,35). The van der Waals surface area contributed by atoms with Gasteiger partial charge < -0.3 is 25.0 Å². The molecule has 0 radical (unpaired) electrons. The number of benzene rings is 2. The highest BCUT2D eigenvalue weighted by atomic mass is 32.2. The molecule has 1 amide bonds. The van der Waals surface area contributed by atoms with Crippen LogP contribution in [0.5, 0.6) is 5.88 Å². The molecular formula is C30H34F2N6O5S. The number of amides is 1. The second-order valence-corrected chi connectivity index (χ2v) is 13.3. The molecule has 2 aliphatic rings. The van der Waals surface area contributed by atoms with Gasteiger partial charge in [-0.2, -0.15) is 4.98 Å². The lowest BCUT2D eigenvalue weighted by molar-refractivity contribution is 0.0172. The molecule has 2 aromatic carbocycles. The van der Waals surface area contributed by atoms with Crippen molar-refractivity contribution in [2.24, 2.45) is 4.99 Å². The molecule has 0 spiro atoms. The van der Waals surface area contributed by atoms with Crippen molar-refractivity contribution in [3.63, 3.8) is 0 Å². The predicted molar refractivity (Wildman–Crippen MR) is 162 cm³/mol. The van der Waals surface area contributed by atoms with E-state index in [4.69, 9.17) is 15.2 Å². The predicted octanol–water partition coefficient (Wildman–Crippen LogP) is 5.29. The van der Waals surface area contributed by atoms with Crippen LogP contribution in [-0.2, 0) is 21.3 Å². The number of halogens is 2. The lowest BCUT2D eigenvalue weighted by Crippen LogP contribution is -2.47. The van der Waals surface area contributed by atoms with Crippen molar-refractivity contribution in [1.82, 2.24) is 14.8 Å². The zero-order valence-corrected chi connectivity index (χ0v) is 25.6. The van der Waals surface area contributed by atoms with Gasteiger partial charge in [0.25, 0.3) is 10.0 Å². The van der Waals surface area contributed by atoms with E-state index in [2.05, 4.69) is 19.6 Å². The molecule has 234 valence electrons. The van der Waals surface area contributed by atoms with E-state index in [9.17, 15) is 22.0 Å². The zero-order valence-electron chi connectivity index (χ0n) is 24.8. The largest absolute Gasteiger partial charge is 0.479 e. The Morgan fingerprint density at radius 1 is 1.09 bits per heavy atom. The number of piperidine rings is 1. The molecule has 44 heavy (non-hydrogen) atoms. The van der Waals surface area contributed by atoms with Crippen LogP contribution in [0.1, 0.15) is 39.2 Å². The maximum atomic E-state index is 14.3. The summed E-state index contributed by atoms with van der Waals surface area (Å²) >= 11 is 0. The van der Waals surface area contributed by atoms with Crippen molar-refractivity contribution in [1.29, 1.82) is 0 Å². The van der Waals surface area contributed by atoms with Crippen molar-refractivity contribution < 1.29 is 31.5 Å². The van der Waals surface area contributed by atoms with Gasteiger partial charge >= 0.3 is 6.09 Å². The number of fused-ring (bicyclic) bond motifs is 1. The second-order valence-electron chi connectivity index (χ2n) is 11.6. The third-order valence-electron chi connectivity index (χ3n) is 7.31. The first-order valence-corrected chi connectivity index (χ1v) is 15.5. The van der Waals surface area contributed by atoms with Crippen molar-refractivity contribution in [3.05, 3.63) is 59.7 Å². The Labute approximate surface area is 254 Å². The second kappa shape index (κ2) is 11.9. The Bertz CT molecular complexity index is 1720. The summed E-state index contributed by atoms with van der Waals surface area (Å²) in [6, 6.07) is 9.35. The Hall–Kier alpha value is -4.46. The average molecular weight is 629 g/mol. The summed E-state index contributed by atoms with van der Waals surface area (Å²) < 4.78 is 66.7. The number of hydrogen-bond acceptors (Lipinski definition) is 9. The van der Waals surface area contributed by atoms with Crippen molar-refractivity contribution in [3.8, 4) is 17.0 Å². The number of nitrogens with one attached hydrogen (secondary N) is 1. The number of nitrogens with two attached hydrogens (primary N) is 1. The number of nitrogen functional groups attached to an aromatic ring is 1. The third kappa shape index (κ3) is 6.69. The fourth-order valence-corrected chi connectivity index (χ4v) is 6.28. The van der Waals surface area contributed by atoms with Crippen molar-refractivity contribution in [2.75, 3.05) is 30.7 Å². The first kappa shape index (κ1) is 31.0.